The van der Waals surface area contributed by atoms with E-state index in [0.29, 0.717) is 32.0 Å². The summed E-state index contributed by atoms with van der Waals surface area (Å²) in [7, 11) is 0. The van der Waals surface area contributed by atoms with Crippen LogP contribution in [0.5, 0.6) is 0 Å². The number of pyridine rings is 1. The lowest BCUT2D eigenvalue weighted by molar-refractivity contribution is -0.156. The Kier molecular flexibility index (Phi) is 11.3. The normalized spacial score (nSPS) is 13.8. The first-order chi connectivity index (χ1) is 18.2. The fourth-order valence-electron chi connectivity index (χ4n) is 4.34. The van der Waals surface area contributed by atoms with Gasteiger partial charge < -0.3 is 25.6 Å². The predicted octanol–water partition coefficient (Wildman–Crippen LogP) is 3.20. The van der Waals surface area contributed by atoms with E-state index in [0.717, 1.165) is 56.7 Å². The van der Waals surface area contributed by atoms with E-state index < -0.39 is 11.6 Å². The number of anilines is 2. The van der Waals surface area contributed by atoms with Crippen molar-refractivity contribution in [1.82, 2.24) is 25.2 Å². The van der Waals surface area contributed by atoms with E-state index in [1.54, 1.807) is 18.5 Å². The summed E-state index contributed by atoms with van der Waals surface area (Å²) in [6.45, 7) is 10.8. The minimum absolute atomic E-state index is 0.0495. The van der Waals surface area contributed by atoms with Crippen LogP contribution in [0.2, 0.25) is 0 Å². The van der Waals surface area contributed by atoms with E-state index in [1.807, 2.05) is 20.8 Å². The molecule has 2 aromatic rings. The van der Waals surface area contributed by atoms with Crippen molar-refractivity contribution in [1.29, 1.82) is 0 Å². The highest BCUT2D eigenvalue weighted by Crippen LogP contribution is 2.20. The number of aryl methyl sites for hydroxylation is 2. The molecule has 3 rings (SSSR count). The van der Waals surface area contributed by atoms with Gasteiger partial charge >= 0.3 is 5.97 Å². The molecule has 0 aliphatic carbocycles. The number of aromatic nitrogens is 3. The number of hydrogen-bond donors (Lipinski definition) is 3. The molecule has 0 spiro atoms. The zero-order valence-corrected chi connectivity index (χ0v) is 23.3. The standard InChI is InChI=1S/C28H43N7O3/c1-21(36)29-17-20-35(18-6-5-10-23-12-11-22-9-7-14-30-25(22)33-23)19-13-24(26(37)38-28(2,3)4)34-27-31-15-8-16-32-27/h8,11-12,15-16,24H,5-7,9-10,13-14,17-20H2,1-4H3,(H,29,36)(H,30,33)(H,31,32,34)/t24-/m0/s1. The van der Waals surface area contributed by atoms with Crippen LogP contribution in [0, 0.1) is 0 Å². The van der Waals surface area contributed by atoms with Gasteiger partial charge in [0.2, 0.25) is 11.9 Å². The summed E-state index contributed by atoms with van der Waals surface area (Å²) in [6, 6.07) is 5.48. The molecule has 38 heavy (non-hydrogen) atoms. The second-order valence-electron chi connectivity index (χ2n) is 10.7. The number of nitrogens with one attached hydrogen (secondary N) is 3. The average Bonchev–Trinajstić information content (AvgIpc) is 2.87. The molecule has 2 aromatic heterocycles. The lowest BCUT2D eigenvalue weighted by atomic mass is 10.1. The van der Waals surface area contributed by atoms with E-state index in [2.05, 4.69) is 43.0 Å². The van der Waals surface area contributed by atoms with Gasteiger partial charge in [0.25, 0.3) is 0 Å². The quantitative estimate of drug-likeness (QED) is 0.252. The number of carbonyl (C=O) groups excluding carboxylic acids is 2. The van der Waals surface area contributed by atoms with Gasteiger partial charge in [-0.25, -0.2) is 19.7 Å². The Balaban J connectivity index is 1.56. The van der Waals surface area contributed by atoms with E-state index in [1.165, 1.54) is 12.5 Å². The van der Waals surface area contributed by atoms with Crippen LogP contribution >= 0.6 is 0 Å². The van der Waals surface area contributed by atoms with Crippen LogP contribution in [-0.2, 0) is 27.2 Å². The van der Waals surface area contributed by atoms with Crippen molar-refractivity contribution in [2.45, 2.75) is 77.9 Å². The van der Waals surface area contributed by atoms with Gasteiger partial charge in [0.15, 0.2) is 0 Å². The molecule has 1 aliphatic rings. The molecule has 1 aliphatic heterocycles. The van der Waals surface area contributed by atoms with Crippen LogP contribution in [-0.4, -0.2) is 76.1 Å². The first kappa shape index (κ1) is 29.3. The molecule has 3 N–H and O–H groups in total. The first-order valence-electron chi connectivity index (χ1n) is 13.7. The summed E-state index contributed by atoms with van der Waals surface area (Å²) in [5, 5.41) is 9.42. The summed E-state index contributed by atoms with van der Waals surface area (Å²) in [4.78, 5) is 39.9. The van der Waals surface area contributed by atoms with Crippen molar-refractivity contribution in [3.05, 3.63) is 41.9 Å². The topological polar surface area (TPSA) is 121 Å². The number of fused-ring (bicyclic) bond motifs is 1. The average molecular weight is 526 g/mol. The Morgan fingerprint density at radius 3 is 2.66 bits per heavy atom. The molecule has 0 fully saturated rings. The van der Waals surface area contributed by atoms with Crippen LogP contribution in [0.1, 0.15) is 64.6 Å². The van der Waals surface area contributed by atoms with Gasteiger partial charge in [-0.15, -0.1) is 0 Å². The highest BCUT2D eigenvalue weighted by Gasteiger charge is 2.26. The summed E-state index contributed by atoms with van der Waals surface area (Å²) in [5.74, 6) is 1.04. The number of carbonyl (C=O) groups is 2. The Labute approximate surface area is 226 Å². The van der Waals surface area contributed by atoms with Gasteiger partial charge in [-0.05, 0) is 83.5 Å². The second-order valence-corrected chi connectivity index (χ2v) is 10.7. The number of esters is 1. The lowest BCUT2D eigenvalue weighted by Gasteiger charge is -2.27. The number of hydrogen-bond acceptors (Lipinski definition) is 9. The zero-order valence-electron chi connectivity index (χ0n) is 23.3. The van der Waals surface area contributed by atoms with Gasteiger partial charge in [-0.3, -0.25) is 4.79 Å². The van der Waals surface area contributed by atoms with Crippen LogP contribution in [0.15, 0.2) is 30.6 Å². The van der Waals surface area contributed by atoms with Gasteiger partial charge in [-0.1, -0.05) is 6.07 Å². The van der Waals surface area contributed by atoms with E-state index in [9.17, 15) is 9.59 Å². The summed E-state index contributed by atoms with van der Waals surface area (Å²) < 4.78 is 5.66. The molecule has 0 radical (unpaired) electrons. The number of ether oxygens (including phenoxy) is 1. The Hall–Kier alpha value is -3.27. The van der Waals surface area contributed by atoms with Crippen molar-refractivity contribution in [3.63, 3.8) is 0 Å². The second kappa shape index (κ2) is 14.6. The van der Waals surface area contributed by atoms with Crippen LogP contribution in [0.25, 0.3) is 0 Å². The molecule has 0 aromatic carbocycles. The molecular formula is C28H43N7O3. The largest absolute Gasteiger partial charge is 0.458 e. The first-order valence-corrected chi connectivity index (χ1v) is 13.7. The molecule has 0 unspecified atom stereocenters. The fourth-order valence-corrected chi connectivity index (χ4v) is 4.34. The maximum Gasteiger partial charge on any atom is 0.329 e. The predicted molar refractivity (Wildman–Crippen MR) is 149 cm³/mol. The minimum atomic E-state index is -0.597. The maximum atomic E-state index is 13.0. The molecular weight excluding hydrogens is 482 g/mol. The van der Waals surface area contributed by atoms with Gasteiger partial charge in [-0.2, -0.15) is 0 Å². The van der Waals surface area contributed by atoms with Gasteiger partial charge in [0, 0.05) is 51.2 Å². The Bertz CT molecular complexity index is 1030. The Morgan fingerprint density at radius 2 is 1.92 bits per heavy atom. The van der Waals surface area contributed by atoms with E-state index in [4.69, 9.17) is 9.72 Å². The van der Waals surface area contributed by atoms with Gasteiger partial charge in [0.1, 0.15) is 17.5 Å². The van der Waals surface area contributed by atoms with Crippen molar-refractivity contribution in [2.24, 2.45) is 0 Å². The molecule has 10 nitrogen and oxygen atoms in total. The van der Waals surface area contributed by atoms with Crippen molar-refractivity contribution >= 4 is 23.6 Å². The van der Waals surface area contributed by atoms with Crippen molar-refractivity contribution in [3.8, 4) is 0 Å². The maximum absolute atomic E-state index is 13.0. The molecule has 0 bridgehead atoms. The van der Waals surface area contributed by atoms with Gasteiger partial charge in [0.05, 0.1) is 0 Å². The third-order valence-electron chi connectivity index (χ3n) is 6.21. The van der Waals surface area contributed by atoms with Crippen LogP contribution in [0.4, 0.5) is 11.8 Å². The van der Waals surface area contributed by atoms with Crippen molar-refractivity contribution < 1.29 is 14.3 Å². The number of rotatable bonds is 14. The highest BCUT2D eigenvalue weighted by atomic mass is 16.6. The lowest BCUT2D eigenvalue weighted by Crippen LogP contribution is -2.41. The number of amides is 1. The molecule has 1 amide bonds. The summed E-state index contributed by atoms with van der Waals surface area (Å²) in [6.07, 6.45) is 8.95. The fraction of sp³-hybridized carbons (Fsp3) is 0.607. The molecule has 208 valence electrons. The third-order valence-corrected chi connectivity index (χ3v) is 6.21. The molecule has 0 saturated carbocycles. The molecule has 1 atom stereocenters. The van der Waals surface area contributed by atoms with E-state index in [-0.39, 0.29) is 11.9 Å². The minimum Gasteiger partial charge on any atom is -0.458 e. The van der Waals surface area contributed by atoms with Crippen molar-refractivity contribution in [2.75, 3.05) is 43.4 Å². The summed E-state index contributed by atoms with van der Waals surface area (Å²) >= 11 is 0. The molecule has 3 heterocycles. The SMILES string of the molecule is CC(=O)NCCN(CCCCc1ccc2c(n1)NCCC2)CC[C@H](Nc1ncccn1)C(=O)OC(C)(C)C. The molecule has 10 heteroatoms. The van der Waals surface area contributed by atoms with Crippen LogP contribution < -0.4 is 16.0 Å². The van der Waals surface area contributed by atoms with E-state index >= 15 is 0 Å². The monoisotopic (exact) mass is 525 g/mol. The highest BCUT2D eigenvalue weighted by molar-refractivity contribution is 5.79. The smallest absolute Gasteiger partial charge is 0.329 e. The number of nitrogens with zero attached hydrogens (tertiary/aromatic N) is 4. The molecule has 0 saturated heterocycles. The third kappa shape index (κ3) is 10.6. The number of unbranched alkanes of at least 4 members (excludes halogenated alkanes) is 1. The van der Waals surface area contributed by atoms with Crippen LogP contribution in [0.3, 0.4) is 0 Å². The Morgan fingerprint density at radius 1 is 1.13 bits per heavy atom. The summed E-state index contributed by atoms with van der Waals surface area (Å²) in [5.41, 5.74) is 1.82. The zero-order chi connectivity index (χ0) is 27.4.